The van der Waals surface area contributed by atoms with Crippen LogP contribution in [0.3, 0.4) is 0 Å². The number of aliphatic imine (C=N–C) groups is 1. The van der Waals surface area contributed by atoms with Crippen molar-refractivity contribution in [1.29, 1.82) is 0 Å². The lowest BCUT2D eigenvalue weighted by atomic mass is 9.95. The van der Waals surface area contributed by atoms with Gasteiger partial charge in [0.2, 0.25) is 0 Å². The van der Waals surface area contributed by atoms with Gasteiger partial charge in [0.05, 0.1) is 25.3 Å². The van der Waals surface area contributed by atoms with Crippen LogP contribution in [0.1, 0.15) is 38.5 Å². The molecule has 7 heteroatoms. The molecule has 23 heavy (non-hydrogen) atoms. The van der Waals surface area contributed by atoms with Crippen molar-refractivity contribution in [2.45, 2.75) is 50.1 Å². The van der Waals surface area contributed by atoms with Crippen molar-refractivity contribution in [2.75, 3.05) is 44.4 Å². The average molecular weight is 454 g/mol. The standard InChI is InChI=1S/C16H30N4OS.HI/c17-15(19-14-4-2-1-3-5-14)18-12-16(6-11-22-13-16)20-7-9-21-10-8-20;/h14H,1-13H2,(H3,17,18,19);1H. The second-order valence-corrected chi connectivity index (χ2v) is 7.91. The van der Waals surface area contributed by atoms with Gasteiger partial charge in [-0.25, -0.2) is 0 Å². The minimum Gasteiger partial charge on any atom is -0.379 e. The molecule has 2 aliphatic heterocycles. The highest BCUT2D eigenvalue weighted by molar-refractivity contribution is 14.0. The molecule has 0 amide bonds. The summed E-state index contributed by atoms with van der Waals surface area (Å²) in [5, 5.41) is 3.44. The fraction of sp³-hybridized carbons (Fsp3) is 0.938. The van der Waals surface area contributed by atoms with Crippen LogP contribution in [-0.4, -0.2) is 66.8 Å². The summed E-state index contributed by atoms with van der Waals surface area (Å²) >= 11 is 2.05. The highest BCUT2D eigenvalue weighted by atomic mass is 127. The molecule has 2 saturated heterocycles. The molecule has 1 saturated carbocycles. The lowest BCUT2D eigenvalue weighted by molar-refractivity contribution is -0.0104. The van der Waals surface area contributed by atoms with Crippen molar-refractivity contribution in [3.05, 3.63) is 0 Å². The van der Waals surface area contributed by atoms with Crippen LogP contribution in [0.25, 0.3) is 0 Å². The van der Waals surface area contributed by atoms with Crippen molar-refractivity contribution < 1.29 is 4.74 Å². The summed E-state index contributed by atoms with van der Waals surface area (Å²) in [5.41, 5.74) is 6.36. The Hall–Kier alpha value is 0.270. The smallest absolute Gasteiger partial charge is 0.188 e. The van der Waals surface area contributed by atoms with E-state index in [-0.39, 0.29) is 29.5 Å². The molecule has 0 spiro atoms. The molecule has 0 aromatic heterocycles. The number of nitrogens with one attached hydrogen (secondary N) is 1. The number of morpholine rings is 1. The van der Waals surface area contributed by atoms with Crippen molar-refractivity contribution in [2.24, 2.45) is 10.7 Å². The predicted octanol–water partition coefficient (Wildman–Crippen LogP) is 2.05. The number of hydrogen-bond acceptors (Lipinski definition) is 4. The molecule has 1 unspecified atom stereocenters. The van der Waals surface area contributed by atoms with Crippen LogP contribution in [-0.2, 0) is 4.74 Å². The Kier molecular flexibility index (Phi) is 8.24. The van der Waals surface area contributed by atoms with Crippen LogP contribution >= 0.6 is 35.7 Å². The Morgan fingerprint density at radius 1 is 1.26 bits per heavy atom. The highest BCUT2D eigenvalue weighted by Gasteiger charge is 2.40. The number of halogens is 1. The quantitative estimate of drug-likeness (QED) is 0.387. The second-order valence-electron chi connectivity index (χ2n) is 6.81. The third kappa shape index (κ3) is 5.37. The Balaban J connectivity index is 0.00000192. The summed E-state index contributed by atoms with van der Waals surface area (Å²) in [4.78, 5) is 7.33. The van der Waals surface area contributed by atoms with Crippen molar-refractivity contribution in [3.63, 3.8) is 0 Å². The Bertz CT molecular complexity index is 378. The lowest BCUT2D eigenvalue weighted by Gasteiger charge is -2.42. The summed E-state index contributed by atoms with van der Waals surface area (Å²) in [5.74, 6) is 3.06. The number of nitrogens with zero attached hydrogens (tertiary/aromatic N) is 2. The van der Waals surface area contributed by atoms with Gasteiger partial charge in [-0.2, -0.15) is 11.8 Å². The van der Waals surface area contributed by atoms with Gasteiger partial charge in [-0.15, -0.1) is 24.0 Å². The van der Waals surface area contributed by atoms with E-state index in [9.17, 15) is 0 Å². The van der Waals surface area contributed by atoms with Gasteiger partial charge in [0.15, 0.2) is 5.96 Å². The number of nitrogens with two attached hydrogens (primary N) is 1. The Morgan fingerprint density at radius 3 is 2.65 bits per heavy atom. The van der Waals surface area contributed by atoms with E-state index in [1.54, 1.807) is 0 Å². The summed E-state index contributed by atoms with van der Waals surface area (Å²) in [6.45, 7) is 4.60. The Labute approximate surface area is 161 Å². The van der Waals surface area contributed by atoms with Gasteiger partial charge in [-0.3, -0.25) is 9.89 Å². The zero-order chi connectivity index (χ0) is 15.3. The molecule has 1 aliphatic carbocycles. The van der Waals surface area contributed by atoms with E-state index in [1.165, 1.54) is 50.0 Å². The van der Waals surface area contributed by atoms with Gasteiger partial charge < -0.3 is 15.8 Å². The first-order valence-corrected chi connectivity index (χ1v) is 9.91. The average Bonchev–Trinajstić information content (AvgIpc) is 3.05. The normalized spacial score (nSPS) is 30.9. The number of thioether (sulfide) groups is 1. The summed E-state index contributed by atoms with van der Waals surface area (Å²) in [7, 11) is 0. The highest BCUT2D eigenvalue weighted by Crippen LogP contribution is 2.34. The first-order valence-electron chi connectivity index (χ1n) is 8.76. The lowest BCUT2D eigenvalue weighted by Crippen LogP contribution is -2.56. The van der Waals surface area contributed by atoms with Gasteiger partial charge in [0.25, 0.3) is 0 Å². The molecule has 5 nitrogen and oxygen atoms in total. The molecular weight excluding hydrogens is 423 g/mol. The first-order chi connectivity index (χ1) is 10.8. The molecular formula is C16H31IN4OS. The van der Waals surface area contributed by atoms with Gasteiger partial charge in [-0.1, -0.05) is 19.3 Å². The second kappa shape index (κ2) is 9.68. The van der Waals surface area contributed by atoms with E-state index in [1.807, 2.05) is 11.8 Å². The van der Waals surface area contributed by atoms with Gasteiger partial charge in [0, 0.05) is 24.9 Å². The van der Waals surface area contributed by atoms with Crippen LogP contribution in [0.15, 0.2) is 4.99 Å². The molecule has 2 heterocycles. The van der Waals surface area contributed by atoms with E-state index in [0.717, 1.165) is 32.8 Å². The fourth-order valence-electron chi connectivity index (χ4n) is 3.84. The number of rotatable bonds is 4. The molecule has 3 aliphatic rings. The number of guanidine groups is 1. The molecule has 0 aromatic rings. The number of hydrogen-bond donors (Lipinski definition) is 2. The molecule has 3 N–H and O–H groups in total. The maximum absolute atomic E-state index is 6.16. The van der Waals surface area contributed by atoms with Gasteiger partial charge >= 0.3 is 0 Å². The summed E-state index contributed by atoms with van der Waals surface area (Å²) in [6.07, 6.45) is 7.70. The van der Waals surface area contributed by atoms with Crippen LogP contribution < -0.4 is 11.1 Å². The molecule has 0 bridgehead atoms. The molecule has 134 valence electrons. The van der Waals surface area contributed by atoms with Crippen LogP contribution in [0, 0.1) is 0 Å². The van der Waals surface area contributed by atoms with E-state index >= 15 is 0 Å². The van der Waals surface area contributed by atoms with Crippen LogP contribution in [0.2, 0.25) is 0 Å². The summed E-state index contributed by atoms with van der Waals surface area (Å²) in [6, 6.07) is 0.537. The molecule has 0 aromatic carbocycles. The minimum absolute atomic E-state index is 0. The van der Waals surface area contributed by atoms with E-state index < -0.39 is 0 Å². The van der Waals surface area contributed by atoms with Gasteiger partial charge in [0.1, 0.15) is 0 Å². The number of ether oxygens (including phenoxy) is 1. The zero-order valence-corrected chi connectivity index (χ0v) is 17.1. The van der Waals surface area contributed by atoms with Crippen molar-refractivity contribution in [1.82, 2.24) is 10.2 Å². The Morgan fingerprint density at radius 2 is 2.00 bits per heavy atom. The third-order valence-electron chi connectivity index (χ3n) is 5.27. The minimum atomic E-state index is 0. The van der Waals surface area contributed by atoms with E-state index in [4.69, 9.17) is 15.5 Å². The molecule has 1 atom stereocenters. The molecule has 3 fully saturated rings. The zero-order valence-electron chi connectivity index (χ0n) is 14.0. The molecule has 0 radical (unpaired) electrons. The van der Waals surface area contributed by atoms with Crippen LogP contribution in [0.5, 0.6) is 0 Å². The predicted molar refractivity (Wildman–Crippen MR) is 109 cm³/mol. The summed E-state index contributed by atoms with van der Waals surface area (Å²) < 4.78 is 5.51. The van der Waals surface area contributed by atoms with Crippen molar-refractivity contribution >= 4 is 41.7 Å². The monoisotopic (exact) mass is 454 g/mol. The first kappa shape index (κ1) is 19.6. The van der Waals surface area contributed by atoms with Crippen molar-refractivity contribution in [3.8, 4) is 0 Å². The van der Waals surface area contributed by atoms with Crippen LogP contribution in [0.4, 0.5) is 0 Å². The SMILES string of the molecule is I.NC(=NCC1(N2CCOCC2)CCSC1)NC1CCCCC1. The maximum Gasteiger partial charge on any atom is 0.188 e. The topological polar surface area (TPSA) is 62.9 Å². The van der Waals surface area contributed by atoms with E-state index in [2.05, 4.69) is 10.2 Å². The largest absolute Gasteiger partial charge is 0.379 e. The maximum atomic E-state index is 6.16. The fourth-order valence-corrected chi connectivity index (χ4v) is 5.31. The van der Waals surface area contributed by atoms with Gasteiger partial charge in [-0.05, 0) is 25.0 Å². The molecule has 3 rings (SSSR count). The van der Waals surface area contributed by atoms with E-state index in [0.29, 0.717) is 12.0 Å². The third-order valence-corrected chi connectivity index (χ3v) is 6.50.